The highest BCUT2D eigenvalue weighted by molar-refractivity contribution is 7.97. The van der Waals surface area contributed by atoms with E-state index >= 15 is 0 Å². The Balaban J connectivity index is 0.00000132. The van der Waals surface area contributed by atoms with Gasteiger partial charge in [0.25, 0.3) is 0 Å². The van der Waals surface area contributed by atoms with Crippen LogP contribution in [0.25, 0.3) is 22.2 Å². The second-order valence-corrected chi connectivity index (χ2v) is 7.58. The van der Waals surface area contributed by atoms with Crippen LogP contribution in [-0.4, -0.2) is 27.6 Å². The summed E-state index contributed by atoms with van der Waals surface area (Å²) in [6, 6.07) is 21.4. The Morgan fingerprint density at radius 3 is 2.55 bits per heavy atom. The lowest BCUT2D eigenvalue weighted by atomic mass is 10.1. The Hall–Kier alpha value is -3.29. The minimum absolute atomic E-state index is 0.184. The number of rotatable bonds is 5. The highest BCUT2D eigenvalue weighted by Gasteiger charge is 2.08. The van der Waals surface area contributed by atoms with E-state index in [2.05, 4.69) is 14.8 Å². The first-order valence-corrected chi connectivity index (χ1v) is 11.0. The lowest BCUT2D eigenvalue weighted by Crippen LogP contribution is -2.30. The minimum Gasteiger partial charge on any atom is -0.286 e. The lowest BCUT2D eigenvalue weighted by molar-refractivity contribution is 0.799. The molecule has 0 fully saturated rings. The molecule has 158 valence electrons. The number of hydrogen-bond donors (Lipinski definition) is 3. The van der Waals surface area contributed by atoms with Crippen LogP contribution in [0, 0.1) is 10.8 Å². The minimum atomic E-state index is 0.184. The molecule has 2 aromatic carbocycles. The first-order chi connectivity index (χ1) is 15.1. The van der Waals surface area contributed by atoms with E-state index in [0.29, 0.717) is 6.42 Å². The summed E-state index contributed by atoms with van der Waals surface area (Å²) in [6.45, 7) is 4.00. The summed E-state index contributed by atoms with van der Waals surface area (Å²) in [6.07, 6.45) is 2.15. The van der Waals surface area contributed by atoms with E-state index < -0.39 is 0 Å². The topological polar surface area (TPSA) is 90.4 Å². The molecule has 2 heterocycles. The molecule has 4 rings (SSSR count). The highest BCUT2D eigenvalue weighted by atomic mass is 32.2. The molecule has 0 saturated carbocycles. The standard InChI is InChI=1S/C22H20N6S.C2H6/c1-25-29-18-7-5-16(6-8-18)20-10-11-21(23)28(27-20)22(24)14-15-4-9-19-17(13-15)3-2-12-26-19;1-2/h2-13,23-25H,14H2,1H3;1-2H3. The number of fused-ring (bicyclic) bond motifs is 1. The largest absolute Gasteiger partial charge is 0.286 e. The predicted molar refractivity (Wildman–Crippen MR) is 128 cm³/mol. The molecule has 4 aromatic rings. The van der Waals surface area contributed by atoms with Gasteiger partial charge in [-0.25, -0.2) is 4.68 Å². The molecule has 0 radical (unpaired) electrons. The lowest BCUT2D eigenvalue weighted by Gasteiger charge is -2.10. The van der Waals surface area contributed by atoms with Crippen molar-refractivity contribution in [1.29, 1.82) is 10.8 Å². The summed E-state index contributed by atoms with van der Waals surface area (Å²) in [5.41, 5.74) is 3.78. The van der Waals surface area contributed by atoms with Crippen LogP contribution in [0.15, 0.2) is 77.8 Å². The van der Waals surface area contributed by atoms with Gasteiger partial charge in [0.05, 0.1) is 11.2 Å². The van der Waals surface area contributed by atoms with E-state index in [1.807, 2.05) is 81.6 Å². The van der Waals surface area contributed by atoms with Gasteiger partial charge in [0, 0.05) is 28.5 Å². The van der Waals surface area contributed by atoms with Crippen molar-refractivity contribution in [2.45, 2.75) is 25.2 Å². The third kappa shape index (κ3) is 5.45. The second kappa shape index (κ2) is 10.7. The number of pyridine rings is 1. The zero-order valence-electron chi connectivity index (χ0n) is 17.9. The molecule has 0 amide bonds. The van der Waals surface area contributed by atoms with Gasteiger partial charge in [-0.05, 0) is 67.0 Å². The highest BCUT2D eigenvalue weighted by Crippen LogP contribution is 2.21. The molecule has 7 heteroatoms. The van der Waals surface area contributed by atoms with Gasteiger partial charge >= 0.3 is 0 Å². The summed E-state index contributed by atoms with van der Waals surface area (Å²) in [4.78, 5) is 5.44. The molecule has 0 aliphatic rings. The Labute approximate surface area is 186 Å². The van der Waals surface area contributed by atoms with Gasteiger partial charge in [0.15, 0.2) is 0 Å². The van der Waals surface area contributed by atoms with Crippen LogP contribution in [0.4, 0.5) is 0 Å². The maximum absolute atomic E-state index is 8.52. The van der Waals surface area contributed by atoms with Crippen LogP contribution < -0.4 is 10.2 Å². The van der Waals surface area contributed by atoms with Crippen LogP contribution in [0.3, 0.4) is 0 Å². The number of benzene rings is 2. The fourth-order valence-electron chi connectivity index (χ4n) is 3.10. The van der Waals surface area contributed by atoms with E-state index in [9.17, 15) is 0 Å². The molecule has 3 N–H and O–H groups in total. The molecule has 0 atom stereocenters. The summed E-state index contributed by atoms with van der Waals surface area (Å²) < 4.78 is 4.44. The Kier molecular flexibility index (Phi) is 7.70. The SMILES string of the molecule is CC.CNSc1ccc(-c2ccc(=N)n(C(=N)Cc3ccc4ncccc4c3)n2)cc1. The molecule has 6 nitrogen and oxygen atoms in total. The zero-order chi connectivity index (χ0) is 22.2. The predicted octanol–water partition coefficient (Wildman–Crippen LogP) is 4.90. The van der Waals surface area contributed by atoms with Crippen LogP contribution in [-0.2, 0) is 6.42 Å². The van der Waals surface area contributed by atoms with Gasteiger partial charge in [-0.3, -0.25) is 20.5 Å². The smallest absolute Gasteiger partial charge is 0.148 e. The van der Waals surface area contributed by atoms with Gasteiger partial charge in [-0.2, -0.15) is 5.10 Å². The molecule has 31 heavy (non-hydrogen) atoms. The molecule has 0 saturated heterocycles. The van der Waals surface area contributed by atoms with Crippen LogP contribution in [0.5, 0.6) is 0 Å². The van der Waals surface area contributed by atoms with Crippen molar-refractivity contribution in [3.8, 4) is 11.3 Å². The van der Waals surface area contributed by atoms with Crippen molar-refractivity contribution in [3.63, 3.8) is 0 Å². The Morgan fingerprint density at radius 2 is 1.81 bits per heavy atom. The molecular weight excluding hydrogens is 404 g/mol. The van der Waals surface area contributed by atoms with Crippen molar-refractivity contribution in [2.24, 2.45) is 0 Å². The molecule has 2 aromatic heterocycles. The molecule has 0 spiro atoms. The third-order valence-corrected chi connectivity index (χ3v) is 5.21. The first-order valence-electron chi connectivity index (χ1n) is 10.1. The number of nitrogens with one attached hydrogen (secondary N) is 3. The molecule has 0 unspecified atom stereocenters. The van der Waals surface area contributed by atoms with Crippen LogP contribution in [0.2, 0.25) is 0 Å². The number of aromatic nitrogens is 3. The van der Waals surface area contributed by atoms with E-state index in [1.54, 1.807) is 24.2 Å². The van der Waals surface area contributed by atoms with Crippen LogP contribution >= 0.6 is 11.9 Å². The number of nitrogens with zero attached hydrogens (tertiary/aromatic N) is 3. The second-order valence-electron chi connectivity index (χ2n) is 6.50. The normalized spacial score (nSPS) is 10.4. The van der Waals surface area contributed by atoms with Gasteiger partial charge in [0.1, 0.15) is 11.3 Å². The zero-order valence-corrected chi connectivity index (χ0v) is 18.7. The third-order valence-electron chi connectivity index (χ3n) is 4.50. The average molecular weight is 431 g/mol. The summed E-state index contributed by atoms with van der Waals surface area (Å²) in [5, 5.41) is 22.3. The maximum Gasteiger partial charge on any atom is 0.148 e. The van der Waals surface area contributed by atoms with E-state index in [0.717, 1.165) is 32.6 Å². The quantitative estimate of drug-likeness (QED) is 0.239. The monoisotopic (exact) mass is 430 g/mol. The average Bonchev–Trinajstić information content (AvgIpc) is 2.81. The van der Waals surface area contributed by atoms with Gasteiger partial charge < -0.3 is 0 Å². The van der Waals surface area contributed by atoms with Gasteiger partial charge in [-0.15, -0.1) is 0 Å². The van der Waals surface area contributed by atoms with E-state index in [-0.39, 0.29) is 11.3 Å². The first kappa shape index (κ1) is 22.4. The summed E-state index contributed by atoms with van der Waals surface area (Å²) in [5.74, 6) is 0.252. The molecular formula is C24H26N6S. The van der Waals surface area contributed by atoms with E-state index in [4.69, 9.17) is 10.8 Å². The maximum atomic E-state index is 8.52. The molecule has 0 aliphatic carbocycles. The van der Waals surface area contributed by atoms with Gasteiger partial charge in [0.2, 0.25) is 0 Å². The fourth-order valence-corrected chi connectivity index (χ4v) is 3.61. The summed E-state index contributed by atoms with van der Waals surface area (Å²) in [7, 11) is 1.88. The van der Waals surface area contributed by atoms with Crippen molar-refractivity contribution in [3.05, 3.63) is 84.0 Å². The Morgan fingerprint density at radius 1 is 1.03 bits per heavy atom. The molecule has 0 aliphatic heterocycles. The van der Waals surface area contributed by atoms with Crippen LogP contribution in [0.1, 0.15) is 19.4 Å². The van der Waals surface area contributed by atoms with Crippen molar-refractivity contribution >= 4 is 28.7 Å². The fraction of sp³-hybridized carbons (Fsp3) is 0.167. The van der Waals surface area contributed by atoms with Crippen molar-refractivity contribution in [2.75, 3.05) is 7.05 Å². The van der Waals surface area contributed by atoms with Gasteiger partial charge in [-0.1, -0.05) is 38.1 Å². The Bertz CT molecular complexity index is 1230. The summed E-state index contributed by atoms with van der Waals surface area (Å²) >= 11 is 1.55. The van der Waals surface area contributed by atoms with Crippen molar-refractivity contribution in [1.82, 2.24) is 19.5 Å². The van der Waals surface area contributed by atoms with E-state index in [1.165, 1.54) is 4.68 Å². The molecule has 0 bridgehead atoms. The number of hydrogen-bond acceptors (Lipinski definition) is 6. The van der Waals surface area contributed by atoms with Crippen molar-refractivity contribution < 1.29 is 0 Å².